The third-order valence-corrected chi connectivity index (χ3v) is 4.85. The summed E-state index contributed by atoms with van der Waals surface area (Å²) in [7, 11) is 1.99. The van der Waals surface area contributed by atoms with Crippen LogP contribution in [0, 0.1) is 23.2 Å². The Balaban J connectivity index is 1.90. The number of benzene rings is 1. The predicted octanol–water partition coefficient (Wildman–Crippen LogP) is 3.65. The summed E-state index contributed by atoms with van der Waals surface area (Å²) in [6.07, 6.45) is 4.61. The number of aryl methyl sites for hydroxylation is 1. The zero-order chi connectivity index (χ0) is 14.8. The molecule has 0 radical (unpaired) electrons. The highest BCUT2D eigenvalue weighted by Gasteiger charge is 2.38. The Kier molecular flexibility index (Phi) is 4.07. The highest BCUT2D eigenvalue weighted by atomic mass is 79.9. The molecule has 1 aliphatic carbocycles. The largest absolute Gasteiger partial charge is 0.320 e. The van der Waals surface area contributed by atoms with Gasteiger partial charge in [-0.2, -0.15) is 5.26 Å². The van der Waals surface area contributed by atoms with E-state index >= 15 is 0 Å². The molecule has 1 fully saturated rings. The Labute approximate surface area is 132 Å². The maximum absolute atomic E-state index is 8.83. The molecule has 1 saturated carbocycles. The van der Waals surface area contributed by atoms with Gasteiger partial charge >= 0.3 is 0 Å². The first-order valence-corrected chi connectivity index (χ1v) is 7.94. The summed E-state index contributed by atoms with van der Waals surface area (Å²) < 4.78 is 3.09. The minimum absolute atomic E-state index is 0.255. The van der Waals surface area contributed by atoms with Gasteiger partial charge in [0.15, 0.2) is 0 Å². The van der Waals surface area contributed by atoms with Crippen LogP contribution < -0.4 is 0 Å². The van der Waals surface area contributed by atoms with Crippen LogP contribution in [0.1, 0.15) is 36.6 Å². The summed E-state index contributed by atoms with van der Waals surface area (Å²) in [4.78, 5) is 0. The van der Waals surface area contributed by atoms with E-state index in [1.165, 1.54) is 5.56 Å². The van der Waals surface area contributed by atoms with Crippen LogP contribution in [0.3, 0.4) is 0 Å². The molecular formula is C16H17BrN4. The molecule has 5 heteroatoms. The summed E-state index contributed by atoms with van der Waals surface area (Å²) in [5, 5.41) is 17.2. The molecular weight excluding hydrogens is 328 g/mol. The molecule has 1 heterocycles. The topological polar surface area (TPSA) is 54.5 Å². The van der Waals surface area contributed by atoms with Gasteiger partial charge in [0, 0.05) is 23.9 Å². The fourth-order valence-corrected chi connectivity index (χ4v) is 3.68. The first kappa shape index (κ1) is 14.3. The van der Waals surface area contributed by atoms with Gasteiger partial charge in [0.25, 0.3) is 0 Å². The quantitative estimate of drug-likeness (QED) is 0.850. The average molecular weight is 345 g/mol. The van der Waals surface area contributed by atoms with Crippen LogP contribution in [0.2, 0.25) is 0 Å². The third-order valence-electron chi connectivity index (χ3n) is 4.36. The number of halogens is 1. The van der Waals surface area contributed by atoms with Gasteiger partial charge in [-0.25, -0.2) is 0 Å². The van der Waals surface area contributed by atoms with Gasteiger partial charge < -0.3 is 4.57 Å². The first-order valence-electron chi connectivity index (χ1n) is 7.15. The molecule has 0 amide bonds. The fourth-order valence-electron chi connectivity index (χ4n) is 3.26. The number of hydrogen-bond donors (Lipinski definition) is 0. The number of hydrogen-bond acceptors (Lipinski definition) is 3. The molecule has 0 aliphatic heterocycles. The van der Waals surface area contributed by atoms with Crippen molar-refractivity contribution in [3.8, 4) is 6.07 Å². The second kappa shape index (κ2) is 5.98. The van der Waals surface area contributed by atoms with E-state index in [2.05, 4.69) is 50.4 Å². The lowest BCUT2D eigenvalue weighted by Crippen LogP contribution is -2.30. The van der Waals surface area contributed by atoms with Crippen LogP contribution in [0.5, 0.6) is 0 Å². The van der Waals surface area contributed by atoms with E-state index in [0.29, 0.717) is 18.3 Å². The van der Waals surface area contributed by atoms with E-state index in [1.54, 1.807) is 6.33 Å². The summed E-state index contributed by atoms with van der Waals surface area (Å²) >= 11 is 3.55. The SMILES string of the molecule is Cn1cnnc1C(c1cccc(Br)c1)C1CC(CC#N)C1. The molecule has 4 nitrogen and oxygen atoms in total. The van der Waals surface area contributed by atoms with Crippen molar-refractivity contribution in [3.63, 3.8) is 0 Å². The van der Waals surface area contributed by atoms with E-state index in [4.69, 9.17) is 5.26 Å². The molecule has 2 aromatic rings. The molecule has 0 spiro atoms. The predicted molar refractivity (Wildman–Crippen MR) is 83.4 cm³/mol. The summed E-state index contributed by atoms with van der Waals surface area (Å²) in [5.74, 6) is 2.35. The van der Waals surface area contributed by atoms with Crippen molar-refractivity contribution in [2.24, 2.45) is 18.9 Å². The van der Waals surface area contributed by atoms with Crippen molar-refractivity contribution in [1.82, 2.24) is 14.8 Å². The molecule has 1 atom stereocenters. The van der Waals surface area contributed by atoms with Gasteiger partial charge in [-0.3, -0.25) is 0 Å². The lowest BCUT2D eigenvalue weighted by Gasteiger charge is -2.39. The fraction of sp³-hybridized carbons (Fsp3) is 0.438. The van der Waals surface area contributed by atoms with Crippen LogP contribution in [0.25, 0.3) is 0 Å². The number of nitrogens with zero attached hydrogens (tertiary/aromatic N) is 4. The summed E-state index contributed by atoms with van der Waals surface area (Å²) in [6, 6.07) is 10.7. The number of nitriles is 1. The number of rotatable bonds is 4. The Hall–Kier alpha value is -1.67. The summed E-state index contributed by atoms with van der Waals surface area (Å²) in [5.41, 5.74) is 1.26. The smallest absolute Gasteiger partial charge is 0.140 e. The van der Waals surface area contributed by atoms with Gasteiger partial charge in [-0.05, 0) is 42.4 Å². The molecule has 0 bridgehead atoms. The summed E-state index contributed by atoms with van der Waals surface area (Å²) in [6.45, 7) is 0. The van der Waals surface area contributed by atoms with Crippen molar-refractivity contribution in [1.29, 1.82) is 5.26 Å². The molecule has 21 heavy (non-hydrogen) atoms. The van der Waals surface area contributed by atoms with E-state index in [0.717, 1.165) is 23.1 Å². The van der Waals surface area contributed by atoms with Gasteiger partial charge in [0.2, 0.25) is 0 Å². The second-order valence-electron chi connectivity index (χ2n) is 5.79. The minimum atomic E-state index is 0.255. The third kappa shape index (κ3) is 2.86. The zero-order valence-corrected chi connectivity index (χ0v) is 13.5. The van der Waals surface area contributed by atoms with Crippen LogP contribution >= 0.6 is 15.9 Å². The molecule has 1 aromatic heterocycles. The Morgan fingerprint density at radius 3 is 2.90 bits per heavy atom. The maximum Gasteiger partial charge on any atom is 0.140 e. The van der Waals surface area contributed by atoms with Crippen LogP contribution in [-0.2, 0) is 7.05 Å². The van der Waals surface area contributed by atoms with Gasteiger partial charge in [0.05, 0.1) is 6.07 Å². The molecule has 1 unspecified atom stereocenters. The molecule has 3 rings (SSSR count). The van der Waals surface area contributed by atoms with Crippen molar-refractivity contribution in [2.45, 2.75) is 25.2 Å². The van der Waals surface area contributed by atoms with Gasteiger partial charge in [-0.1, -0.05) is 28.1 Å². The average Bonchev–Trinajstić information content (AvgIpc) is 2.83. The second-order valence-corrected chi connectivity index (χ2v) is 6.71. The number of aromatic nitrogens is 3. The van der Waals surface area contributed by atoms with Crippen molar-refractivity contribution >= 4 is 15.9 Å². The van der Waals surface area contributed by atoms with Gasteiger partial charge in [0.1, 0.15) is 12.2 Å². The Bertz CT molecular complexity index is 667. The van der Waals surface area contributed by atoms with E-state index in [-0.39, 0.29) is 5.92 Å². The molecule has 0 N–H and O–H groups in total. The van der Waals surface area contributed by atoms with Crippen molar-refractivity contribution in [2.75, 3.05) is 0 Å². The van der Waals surface area contributed by atoms with Gasteiger partial charge in [-0.15, -0.1) is 10.2 Å². The zero-order valence-electron chi connectivity index (χ0n) is 11.9. The highest BCUT2D eigenvalue weighted by molar-refractivity contribution is 9.10. The standard InChI is InChI=1S/C16H17BrN4/c1-21-10-19-20-16(21)15(12-3-2-4-14(17)9-12)13-7-11(8-13)5-6-18/h2-4,9-11,13,15H,5,7-8H2,1H3. The Morgan fingerprint density at radius 1 is 1.48 bits per heavy atom. The van der Waals surface area contributed by atoms with E-state index in [1.807, 2.05) is 17.7 Å². The van der Waals surface area contributed by atoms with Crippen LogP contribution in [-0.4, -0.2) is 14.8 Å². The van der Waals surface area contributed by atoms with Crippen molar-refractivity contribution < 1.29 is 0 Å². The lowest BCUT2D eigenvalue weighted by atomic mass is 9.65. The van der Waals surface area contributed by atoms with E-state index in [9.17, 15) is 0 Å². The maximum atomic E-state index is 8.83. The van der Waals surface area contributed by atoms with E-state index < -0.39 is 0 Å². The normalized spacial score (nSPS) is 22.3. The Morgan fingerprint density at radius 2 is 2.29 bits per heavy atom. The van der Waals surface area contributed by atoms with Crippen LogP contribution in [0.4, 0.5) is 0 Å². The first-order chi connectivity index (χ1) is 10.2. The minimum Gasteiger partial charge on any atom is -0.320 e. The molecule has 0 saturated heterocycles. The van der Waals surface area contributed by atoms with Crippen LogP contribution in [0.15, 0.2) is 35.1 Å². The van der Waals surface area contributed by atoms with Crippen molar-refractivity contribution in [3.05, 3.63) is 46.5 Å². The molecule has 1 aromatic carbocycles. The lowest BCUT2D eigenvalue weighted by molar-refractivity contribution is 0.172. The molecule has 1 aliphatic rings. The molecule has 108 valence electrons. The monoisotopic (exact) mass is 344 g/mol. The highest BCUT2D eigenvalue weighted by Crippen LogP contribution is 2.47.